The molecule has 74 heavy (non-hydrogen) atoms. The van der Waals surface area contributed by atoms with Crippen molar-refractivity contribution in [1.82, 2.24) is 42.5 Å². The Morgan fingerprint density at radius 3 is 1.73 bits per heavy atom. The average Bonchev–Trinajstić information content (AvgIpc) is 3.32. The van der Waals surface area contributed by atoms with E-state index in [9.17, 15) is 63.6 Å². The molecule has 0 radical (unpaired) electrons. The molecule has 16 N–H and O–H groups in total. The highest BCUT2D eigenvalue weighted by molar-refractivity contribution is 5.97. The molecule has 0 aliphatic heterocycles. The molecule has 26 heteroatoms. The molecular weight excluding hydrogens is 971 g/mol. The molecule has 8 amide bonds. The molecule has 0 fully saturated rings. The number of carbonyl (C=O) groups excluding carboxylic acids is 9. The third-order valence-electron chi connectivity index (χ3n) is 11.0. The minimum atomic E-state index is -1.72. The maximum Gasteiger partial charge on any atom is 0.408 e. The first-order valence-corrected chi connectivity index (χ1v) is 24.5. The third-order valence-corrected chi connectivity index (χ3v) is 11.0. The summed E-state index contributed by atoms with van der Waals surface area (Å²) >= 11 is 0. The van der Waals surface area contributed by atoms with E-state index in [1.807, 2.05) is 0 Å². The van der Waals surface area contributed by atoms with E-state index in [0.29, 0.717) is 12.0 Å². The van der Waals surface area contributed by atoms with Gasteiger partial charge in [-0.25, -0.2) is 9.59 Å². The summed E-state index contributed by atoms with van der Waals surface area (Å²) in [7, 11) is 0. The van der Waals surface area contributed by atoms with E-state index in [0.717, 1.165) is 0 Å². The standard InChI is InChI=1S/C48H81N11O15/c1-11-27(6)35(43(69)58-36(28(7)62)42(68)52-21-34(63)53-32(22-60)41(67)56-33(23-61)45(71)73-24-29-16-13-12-14-17-29)57-39(65)30(18-15-19-51-46(49)50)54-40(66)31(20-25(2)3)55-44(70)37(38(64)26(4)5)59-47(72)74-48(8,9)10/h12-14,16-17,25-28,30-33,35-38,60-62,64H,11,15,18-24H2,1-10H3,(H,52,68)(H,53,63)(H,54,66)(H,55,70)(H,56,67)(H,57,65)(H,58,69)(H,59,72)(H4,49,50,51)/t27-,28-,30+,31-,32-,33-,35-,36-,37-,38+/m0/s1. The largest absolute Gasteiger partial charge is 0.459 e. The van der Waals surface area contributed by atoms with Gasteiger partial charge in [0, 0.05) is 6.54 Å². The monoisotopic (exact) mass is 1050 g/mol. The van der Waals surface area contributed by atoms with Gasteiger partial charge in [0.05, 0.1) is 32.0 Å². The van der Waals surface area contributed by atoms with Crippen LogP contribution in [0, 0.1) is 17.8 Å². The Labute approximate surface area is 432 Å². The lowest BCUT2D eigenvalue weighted by Crippen LogP contribution is -2.62. The summed E-state index contributed by atoms with van der Waals surface area (Å²) in [5.74, 6) is -9.33. The van der Waals surface area contributed by atoms with E-state index in [1.165, 1.54) is 6.92 Å². The molecule has 0 aliphatic rings. The molecule has 0 unspecified atom stereocenters. The zero-order chi connectivity index (χ0) is 56.5. The van der Waals surface area contributed by atoms with Gasteiger partial charge in [0.1, 0.15) is 48.5 Å². The number of nitrogens with two attached hydrogens (primary N) is 2. The van der Waals surface area contributed by atoms with Crippen LogP contribution in [-0.4, -0.2) is 166 Å². The highest BCUT2D eigenvalue weighted by atomic mass is 16.6. The van der Waals surface area contributed by atoms with Crippen LogP contribution < -0.4 is 54.0 Å². The Morgan fingerprint density at radius 2 is 1.20 bits per heavy atom. The summed E-state index contributed by atoms with van der Waals surface area (Å²) in [6.45, 7) is 13.3. The van der Waals surface area contributed by atoms with E-state index in [1.54, 1.807) is 92.6 Å². The SMILES string of the molecule is CC[C@H](C)[C@H](NC(=O)[C@@H](CCCN=C(N)N)NC(=O)[C@H](CC(C)C)NC(=O)[C@@H](NC(=O)OC(C)(C)C)[C@H](O)C(C)C)C(=O)N[C@H](C(=O)NCC(=O)N[C@@H](CO)C(=O)N[C@@H](CO)C(=O)OCc1ccccc1)[C@H](C)O. The minimum absolute atomic E-state index is 0.0295. The van der Waals surface area contributed by atoms with Crippen molar-refractivity contribution in [2.24, 2.45) is 34.2 Å². The van der Waals surface area contributed by atoms with E-state index < -0.39 is 145 Å². The van der Waals surface area contributed by atoms with Crippen LogP contribution in [0.2, 0.25) is 0 Å². The van der Waals surface area contributed by atoms with Crippen molar-refractivity contribution in [3.63, 3.8) is 0 Å². The van der Waals surface area contributed by atoms with Gasteiger partial charge in [-0.2, -0.15) is 0 Å². The highest BCUT2D eigenvalue weighted by Crippen LogP contribution is 2.15. The first-order valence-electron chi connectivity index (χ1n) is 24.5. The van der Waals surface area contributed by atoms with Gasteiger partial charge in [-0.15, -0.1) is 0 Å². The van der Waals surface area contributed by atoms with E-state index in [2.05, 4.69) is 47.5 Å². The number of nitrogens with one attached hydrogen (secondary N) is 8. The molecule has 1 rings (SSSR count). The summed E-state index contributed by atoms with van der Waals surface area (Å²) in [6.07, 6.45) is -3.61. The number of carbonyl (C=O) groups is 9. The normalized spacial score (nSPS) is 15.4. The summed E-state index contributed by atoms with van der Waals surface area (Å²) in [4.78, 5) is 124. The molecule has 0 aliphatic carbocycles. The van der Waals surface area contributed by atoms with Crippen LogP contribution in [0.4, 0.5) is 4.79 Å². The molecule has 0 saturated heterocycles. The zero-order valence-corrected chi connectivity index (χ0v) is 44.1. The number of aliphatic hydroxyl groups excluding tert-OH is 4. The van der Waals surface area contributed by atoms with Gasteiger partial charge in [-0.05, 0) is 70.3 Å². The van der Waals surface area contributed by atoms with E-state index >= 15 is 0 Å². The van der Waals surface area contributed by atoms with Gasteiger partial charge in [-0.1, -0.05) is 78.3 Å². The molecular formula is C48H81N11O15. The Balaban J connectivity index is 3.26. The van der Waals surface area contributed by atoms with Crippen molar-refractivity contribution in [2.45, 2.75) is 162 Å². The second kappa shape index (κ2) is 32.5. The number of benzene rings is 1. The van der Waals surface area contributed by atoms with Crippen molar-refractivity contribution >= 4 is 59.4 Å². The third kappa shape index (κ3) is 24.4. The van der Waals surface area contributed by atoms with E-state index in [-0.39, 0.29) is 44.3 Å². The fourth-order valence-electron chi connectivity index (χ4n) is 6.74. The number of ether oxygens (including phenoxy) is 2. The number of aliphatic imine (C=N–C) groups is 1. The lowest BCUT2D eigenvalue weighted by Gasteiger charge is -2.31. The molecule has 0 saturated carbocycles. The van der Waals surface area contributed by atoms with Gasteiger partial charge < -0.3 is 83.9 Å². The maximum absolute atomic E-state index is 14.2. The topological polar surface area (TPSA) is 414 Å². The summed E-state index contributed by atoms with van der Waals surface area (Å²) in [6, 6.07) is -2.03. The number of nitrogens with zero attached hydrogens (tertiary/aromatic N) is 1. The number of esters is 1. The molecule has 1 aromatic carbocycles. The molecule has 0 spiro atoms. The van der Waals surface area contributed by atoms with Crippen LogP contribution in [0.5, 0.6) is 0 Å². The lowest BCUT2D eigenvalue weighted by atomic mass is 9.96. The first kappa shape index (κ1) is 65.4. The van der Waals surface area contributed by atoms with Crippen molar-refractivity contribution in [2.75, 3.05) is 26.3 Å². The molecule has 418 valence electrons. The number of alkyl carbamates (subject to hydrolysis) is 1. The van der Waals surface area contributed by atoms with Crippen LogP contribution in [-0.2, 0) is 54.4 Å². The molecule has 26 nitrogen and oxygen atoms in total. The summed E-state index contributed by atoms with van der Waals surface area (Å²) in [5.41, 5.74) is 10.7. The number of guanidine groups is 1. The Hall–Kier alpha value is -6.64. The van der Waals surface area contributed by atoms with Crippen LogP contribution in [0.3, 0.4) is 0 Å². The number of hydrogen-bond donors (Lipinski definition) is 14. The summed E-state index contributed by atoms with van der Waals surface area (Å²) < 4.78 is 10.4. The molecule has 0 aromatic heterocycles. The smallest absolute Gasteiger partial charge is 0.408 e. The fraction of sp³-hybridized carbons (Fsp3) is 0.667. The number of hydrogen-bond acceptors (Lipinski definition) is 16. The van der Waals surface area contributed by atoms with Gasteiger partial charge >= 0.3 is 12.1 Å². The van der Waals surface area contributed by atoms with Crippen LogP contribution in [0.1, 0.15) is 100 Å². The van der Waals surface area contributed by atoms with Crippen LogP contribution in [0.15, 0.2) is 35.3 Å². The van der Waals surface area contributed by atoms with Crippen molar-refractivity contribution < 1.29 is 73.1 Å². The van der Waals surface area contributed by atoms with Crippen LogP contribution in [0.25, 0.3) is 0 Å². The van der Waals surface area contributed by atoms with Gasteiger partial charge in [0.25, 0.3) is 0 Å². The molecule has 0 heterocycles. The Morgan fingerprint density at radius 1 is 0.662 bits per heavy atom. The van der Waals surface area contributed by atoms with Crippen LogP contribution >= 0.6 is 0 Å². The van der Waals surface area contributed by atoms with Gasteiger partial charge in [0.2, 0.25) is 41.4 Å². The Kier molecular flexibility index (Phi) is 28.7. The van der Waals surface area contributed by atoms with Gasteiger partial charge in [0.15, 0.2) is 12.0 Å². The number of amides is 8. The average molecular weight is 1050 g/mol. The Bertz CT molecular complexity index is 2030. The quantitative estimate of drug-likeness (QED) is 0.0154. The molecule has 10 atom stereocenters. The lowest BCUT2D eigenvalue weighted by molar-refractivity contribution is -0.150. The number of rotatable bonds is 31. The van der Waals surface area contributed by atoms with Crippen molar-refractivity contribution in [3.05, 3.63) is 35.9 Å². The second-order valence-corrected chi connectivity index (χ2v) is 19.5. The minimum Gasteiger partial charge on any atom is -0.459 e. The fourth-order valence-corrected chi connectivity index (χ4v) is 6.74. The van der Waals surface area contributed by atoms with Crippen molar-refractivity contribution in [3.8, 4) is 0 Å². The molecule has 0 bridgehead atoms. The van der Waals surface area contributed by atoms with E-state index in [4.69, 9.17) is 20.9 Å². The summed E-state index contributed by atoms with van der Waals surface area (Å²) in [5, 5.41) is 60.4. The number of aliphatic hydroxyl groups is 4. The van der Waals surface area contributed by atoms with Gasteiger partial charge in [-0.3, -0.25) is 38.6 Å². The first-order chi connectivity index (χ1) is 34.5. The second-order valence-electron chi connectivity index (χ2n) is 19.5. The predicted octanol–water partition coefficient (Wildman–Crippen LogP) is -2.82. The molecule has 1 aromatic rings. The predicted molar refractivity (Wildman–Crippen MR) is 270 cm³/mol. The highest BCUT2D eigenvalue weighted by Gasteiger charge is 2.38. The zero-order valence-electron chi connectivity index (χ0n) is 44.1. The maximum atomic E-state index is 14.2. The van der Waals surface area contributed by atoms with Crippen molar-refractivity contribution in [1.29, 1.82) is 0 Å².